The number of pyridine rings is 1. The molecular formula is C18H18N2O3. The zero-order valence-electron chi connectivity index (χ0n) is 12.8. The van der Waals surface area contributed by atoms with Crippen LogP contribution in [0.25, 0.3) is 0 Å². The van der Waals surface area contributed by atoms with Crippen LogP contribution in [0.5, 0.6) is 11.5 Å². The molecule has 2 rings (SSSR count). The van der Waals surface area contributed by atoms with Crippen molar-refractivity contribution in [3.63, 3.8) is 0 Å². The molecule has 5 heteroatoms. The lowest BCUT2D eigenvalue weighted by Crippen LogP contribution is -2.29. The molecule has 0 aliphatic rings. The number of allylic oxidation sites excluding steroid dienone is 2. The van der Waals surface area contributed by atoms with E-state index in [1.807, 2.05) is 6.07 Å². The first-order valence-corrected chi connectivity index (χ1v) is 7.08. The third kappa shape index (κ3) is 3.77. The maximum atomic E-state index is 12.8. The third-order valence-corrected chi connectivity index (χ3v) is 3.34. The number of amides is 1. The molecule has 1 heterocycles. The van der Waals surface area contributed by atoms with Crippen molar-refractivity contribution in [2.24, 2.45) is 0 Å². The van der Waals surface area contributed by atoms with Crippen LogP contribution in [0.3, 0.4) is 0 Å². The number of hydrogen-bond acceptors (Lipinski definition) is 4. The van der Waals surface area contributed by atoms with E-state index in [2.05, 4.69) is 11.6 Å². The van der Waals surface area contributed by atoms with E-state index in [9.17, 15) is 15.0 Å². The van der Waals surface area contributed by atoms with E-state index < -0.39 is 0 Å². The summed E-state index contributed by atoms with van der Waals surface area (Å²) in [4.78, 5) is 18.4. The number of phenolic OH excluding ortho intramolecular Hbond substituents is 2. The standard InChI is InChI=1S/C18H18N2O3/c1-3-14(4-2)20(12-13-6-5-9-19-11-13)18(23)16-8-7-15(21)10-17(16)22/h3-11,21-22H,1,12H2,2H3. The quantitative estimate of drug-likeness (QED) is 0.832. The second kappa shape index (κ2) is 7.26. The zero-order chi connectivity index (χ0) is 16.8. The van der Waals surface area contributed by atoms with Crippen LogP contribution < -0.4 is 0 Å². The maximum Gasteiger partial charge on any atom is 0.262 e. The molecule has 0 saturated carbocycles. The largest absolute Gasteiger partial charge is 0.508 e. The summed E-state index contributed by atoms with van der Waals surface area (Å²) in [5.41, 5.74) is 1.57. The van der Waals surface area contributed by atoms with E-state index in [0.29, 0.717) is 12.2 Å². The van der Waals surface area contributed by atoms with E-state index in [0.717, 1.165) is 11.6 Å². The van der Waals surface area contributed by atoms with Gasteiger partial charge < -0.3 is 15.1 Å². The number of aromatic nitrogens is 1. The summed E-state index contributed by atoms with van der Waals surface area (Å²) in [6.07, 6.45) is 6.67. The number of rotatable bonds is 5. The maximum absolute atomic E-state index is 12.8. The Kier molecular flexibility index (Phi) is 5.15. The number of phenols is 2. The highest BCUT2D eigenvalue weighted by Gasteiger charge is 2.21. The average Bonchev–Trinajstić information content (AvgIpc) is 2.55. The van der Waals surface area contributed by atoms with Gasteiger partial charge in [-0.1, -0.05) is 18.7 Å². The van der Waals surface area contributed by atoms with E-state index in [1.54, 1.807) is 37.5 Å². The van der Waals surface area contributed by atoms with Crippen molar-refractivity contribution in [1.82, 2.24) is 9.88 Å². The fourth-order valence-corrected chi connectivity index (χ4v) is 2.18. The molecule has 2 aromatic rings. The Labute approximate surface area is 134 Å². The molecule has 23 heavy (non-hydrogen) atoms. The smallest absolute Gasteiger partial charge is 0.262 e. The van der Waals surface area contributed by atoms with Gasteiger partial charge in [0.05, 0.1) is 12.1 Å². The highest BCUT2D eigenvalue weighted by atomic mass is 16.3. The van der Waals surface area contributed by atoms with Crippen LogP contribution in [0.1, 0.15) is 22.8 Å². The number of benzene rings is 1. The SMILES string of the molecule is C=CC(=CC)N(Cc1cccnc1)C(=O)c1ccc(O)cc1O. The molecule has 118 valence electrons. The van der Waals surface area contributed by atoms with Crippen molar-refractivity contribution in [1.29, 1.82) is 0 Å². The highest BCUT2D eigenvalue weighted by Crippen LogP contribution is 2.26. The number of hydrogen-bond donors (Lipinski definition) is 2. The van der Waals surface area contributed by atoms with Crippen LogP contribution in [0.15, 0.2) is 67.2 Å². The van der Waals surface area contributed by atoms with Gasteiger partial charge in [-0.15, -0.1) is 0 Å². The van der Waals surface area contributed by atoms with Gasteiger partial charge in [-0.3, -0.25) is 9.78 Å². The lowest BCUT2D eigenvalue weighted by Gasteiger charge is -2.24. The average molecular weight is 310 g/mol. The van der Waals surface area contributed by atoms with Crippen molar-refractivity contribution >= 4 is 5.91 Å². The van der Waals surface area contributed by atoms with Crippen molar-refractivity contribution in [3.8, 4) is 11.5 Å². The normalized spacial score (nSPS) is 11.1. The summed E-state index contributed by atoms with van der Waals surface area (Å²) in [5, 5.41) is 19.3. The van der Waals surface area contributed by atoms with E-state index in [-0.39, 0.29) is 23.0 Å². The van der Waals surface area contributed by atoms with Crippen LogP contribution in [-0.2, 0) is 6.54 Å². The molecular weight excluding hydrogens is 292 g/mol. The lowest BCUT2D eigenvalue weighted by molar-refractivity contribution is 0.0798. The Morgan fingerprint density at radius 3 is 2.70 bits per heavy atom. The van der Waals surface area contributed by atoms with Gasteiger partial charge in [0.1, 0.15) is 11.5 Å². The molecule has 1 amide bonds. The second-order valence-corrected chi connectivity index (χ2v) is 4.87. The Morgan fingerprint density at radius 1 is 1.35 bits per heavy atom. The minimum atomic E-state index is -0.389. The van der Waals surface area contributed by atoms with Gasteiger partial charge in [0.25, 0.3) is 5.91 Å². The molecule has 0 fully saturated rings. The molecule has 5 nitrogen and oxygen atoms in total. The molecule has 1 aromatic carbocycles. The third-order valence-electron chi connectivity index (χ3n) is 3.34. The van der Waals surface area contributed by atoms with Gasteiger partial charge in [-0.2, -0.15) is 0 Å². The zero-order valence-corrected chi connectivity index (χ0v) is 12.8. The molecule has 0 spiro atoms. The van der Waals surface area contributed by atoms with Crippen LogP contribution in [0, 0.1) is 0 Å². The summed E-state index contributed by atoms with van der Waals surface area (Å²) in [5.74, 6) is -0.766. The molecule has 0 saturated heterocycles. The van der Waals surface area contributed by atoms with Gasteiger partial charge in [-0.05, 0) is 36.8 Å². The molecule has 0 bridgehead atoms. The fourth-order valence-electron chi connectivity index (χ4n) is 2.18. The topological polar surface area (TPSA) is 73.7 Å². The van der Waals surface area contributed by atoms with Gasteiger partial charge in [0, 0.05) is 24.2 Å². The first kappa shape index (κ1) is 16.3. The first-order chi connectivity index (χ1) is 11.1. The number of nitrogens with zero attached hydrogens (tertiary/aromatic N) is 2. The van der Waals surface area contributed by atoms with Gasteiger partial charge in [-0.25, -0.2) is 0 Å². The molecule has 0 radical (unpaired) electrons. The van der Waals surface area contributed by atoms with Crippen molar-refractivity contribution < 1.29 is 15.0 Å². The molecule has 2 N–H and O–H groups in total. The molecule has 0 aliphatic carbocycles. The molecule has 0 unspecified atom stereocenters. The van der Waals surface area contributed by atoms with Crippen molar-refractivity contribution in [3.05, 3.63) is 78.3 Å². The van der Waals surface area contributed by atoms with Gasteiger partial charge in [0.2, 0.25) is 0 Å². The summed E-state index contributed by atoms with van der Waals surface area (Å²) in [6.45, 7) is 5.82. The second-order valence-electron chi connectivity index (χ2n) is 4.87. The van der Waals surface area contributed by atoms with Crippen molar-refractivity contribution in [2.75, 3.05) is 0 Å². The van der Waals surface area contributed by atoms with Crippen LogP contribution in [-0.4, -0.2) is 26.0 Å². The summed E-state index contributed by atoms with van der Waals surface area (Å²) in [6, 6.07) is 7.54. The molecule has 0 aliphatic heterocycles. The number of carbonyl (C=O) groups is 1. The molecule has 0 atom stereocenters. The van der Waals surface area contributed by atoms with E-state index >= 15 is 0 Å². The first-order valence-electron chi connectivity index (χ1n) is 7.08. The molecule has 1 aromatic heterocycles. The fraction of sp³-hybridized carbons (Fsp3) is 0.111. The predicted molar refractivity (Wildman–Crippen MR) is 87.8 cm³/mol. The monoisotopic (exact) mass is 310 g/mol. The number of aromatic hydroxyl groups is 2. The Morgan fingerprint density at radius 2 is 2.13 bits per heavy atom. The lowest BCUT2D eigenvalue weighted by atomic mass is 10.1. The van der Waals surface area contributed by atoms with Crippen LogP contribution in [0.4, 0.5) is 0 Å². The van der Waals surface area contributed by atoms with Gasteiger partial charge in [0.15, 0.2) is 0 Å². The minimum Gasteiger partial charge on any atom is -0.508 e. The Balaban J connectivity index is 2.40. The Hall–Kier alpha value is -3.08. The summed E-state index contributed by atoms with van der Waals surface area (Å²) < 4.78 is 0. The highest BCUT2D eigenvalue weighted by molar-refractivity contribution is 5.98. The summed E-state index contributed by atoms with van der Waals surface area (Å²) in [7, 11) is 0. The van der Waals surface area contributed by atoms with Crippen molar-refractivity contribution in [2.45, 2.75) is 13.5 Å². The van der Waals surface area contributed by atoms with E-state index in [4.69, 9.17) is 0 Å². The Bertz CT molecular complexity index is 739. The number of carbonyl (C=O) groups excluding carboxylic acids is 1. The van der Waals surface area contributed by atoms with Crippen LogP contribution >= 0.6 is 0 Å². The summed E-state index contributed by atoms with van der Waals surface area (Å²) >= 11 is 0. The minimum absolute atomic E-state index is 0.104. The van der Waals surface area contributed by atoms with Gasteiger partial charge >= 0.3 is 0 Å². The van der Waals surface area contributed by atoms with E-state index in [1.165, 1.54) is 17.0 Å². The predicted octanol–water partition coefficient (Wildman–Crippen LogP) is 3.23. The van der Waals surface area contributed by atoms with Crippen LogP contribution in [0.2, 0.25) is 0 Å².